The third-order valence-electron chi connectivity index (χ3n) is 7.38. The highest BCUT2D eigenvalue weighted by Gasteiger charge is 2.39. The van der Waals surface area contributed by atoms with Crippen LogP contribution in [0.2, 0.25) is 0 Å². The van der Waals surface area contributed by atoms with Gasteiger partial charge in [0, 0.05) is 11.3 Å². The molecular formula is C33H35NOS. The third kappa shape index (κ3) is 5.29. The zero-order valence-electron chi connectivity index (χ0n) is 20.7. The fourth-order valence-corrected chi connectivity index (χ4v) is 5.94. The summed E-state index contributed by atoms with van der Waals surface area (Å²) in [6, 6.07) is 42.8. The zero-order valence-corrected chi connectivity index (χ0v) is 21.6. The van der Waals surface area contributed by atoms with E-state index in [4.69, 9.17) is 17.4 Å². The van der Waals surface area contributed by atoms with Crippen LogP contribution in [0.4, 0.5) is 0 Å². The van der Waals surface area contributed by atoms with E-state index in [0.717, 1.165) is 29.8 Å². The smallest absolute Gasteiger partial charge is 0.143 e. The Morgan fingerprint density at radius 1 is 0.611 bits per heavy atom. The van der Waals surface area contributed by atoms with E-state index in [1.807, 2.05) is 0 Å². The first-order valence-electron chi connectivity index (χ1n) is 13.1. The molecule has 36 heavy (non-hydrogen) atoms. The average Bonchev–Trinajstić information content (AvgIpc) is 2.97. The van der Waals surface area contributed by atoms with Gasteiger partial charge in [0.15, 0.2) is 0 Å². The van der Waals surface area contributed by atoms with E-state index in [1.54, 1.807) is 0 Å². The number of benzene rings is 4. The number of thiol groups is 1. The SMILES string of the molecule is S[C@H](c1ccccc1)[C@H](COC(c1ccccc1)(c1ccccc1)c1ccccc1)N1CCCCC1. The van der Waals surface area contributed by atoms with Crippen molar-refractivity contribution in [3.8, 4) is 0 Å². The van der Waals surface area contributed by atoms with Gasteiger partial charge in [0.25, 0.3) is 0 Å². The molecule has 5 rings (SSSR count). The Kier molecular flexibility index (Phi) is 8.22. The average molecular weight is 494 g/mol. The molecule has 1 fully saturated rings. The molecule has 4 aromatic rings. The molecule has 0 radical (unpaired) electrons. The number of piperidine rings is 1. The first kappa shape index (κ1) is 24.8. The minimum Gasteiger partial charge on any atom is -0.359 e. The summed E-state index contributed by atoms with van der Waals surface area (Å²) < 4.78 is 7.26. The highest BCUT2D eigenvalue weighted by atomic mass is 32.1. The van der Waals surface area contributed by atoms with Gasteiger partial charge in [-0.05, 0) is 48.2 Å². The number of nitrogens with zero attached hydrogens (tertiary/aromatic N) is 1. The summed E-state index contributed by atoms with van der Waals surface area (Å²) in [5.74, 6) is 0. The lowest BCUT2D eigenvalue weighted by Gasteiger charge is -2.42. The first-order valence-corrected chi connectivity index (χ1v) is 13.6. The molecule has 2 nitrogen and oxygen atoms in total. The standard InChI is InChI=1S/C33H35NOS/c36-32(27-16-6-1-7-17-27)31(34-24-14-5-15-25-34)26-35-33(28-18-8-2-9-19-28,29-20-10-3-11-21-29)30-22-12-4-13-23-30/h1-4,6-13,16-23,31-32,36H,5,14-15,24-26H2/t31-,32+/m0/s1. The zero-order chi connectivity index (χ0) is 24.6. The Balaban J connectivity index is 1.58. The molecule has 0 unspecified atom stereocenters. The van der Waals surface area contributed by atoms with Crippen molar-refractivity contribution in [3.05, 3.63) is 144 Å². The summed E-state index contributed by atoms with van der Waals surface area (Å²) in [6.07, 6.45) is 3.76. The normalized spacial score (nSPS) is 16.4. The minimum absolute atomic E-state index is 0.0596. The van der Waals surface area contributed by atoms with E-state index < -0.39 is 5.60 Å². The van der Waals surface area contributed by atoms with Gasteiger partial charge in [0.05, 0.1) is 6.61 Å². The molecule has 1 saturated heterocycles. The summed E-state index contributed by atoms with van der Waals surface area (Å²) in [7, 11) is 0. The van der Waals surface area contributed by atoms with Crippen LogP contribution in [-0.2, 0) is 10.3 Å². The topological polar surface area (TPSA) is 12.5 Å². The minimum atomic E-state index is -0.720. The molecule has 4 aromatic carbocycles. The van der Waals surface area contributed by atoms with E-state index in [9.17, 15) is 0 Å². The van der Waals surface area contributed by atoms with Gasteiger partial charge in [-0.25, -0.2) is 0 Å². The molecule has 0 saturated carbocycles. The summed E-state index contributed by atoms with van der Waals surface area (Å²) in [6.45, 7) is 2.75. The predicted molar refractivity (Wildman–Crippen MR) is 153 cm³/mol. The lowest BCUT2D eigenvalue weighted by molar-refractivity contribution is -0.0272. The van der Waals surface area contributed by atoms with Crippen LogP contribution in [0.25, 0.3) is 0 Å². The number of rotatable bonds is 9. The van der Waals surface area contributed by atoms with E-state index in [-0.39, 0.29) is 11.3 Å². The Bertz CT molecular complexity index is 1080. The second-order valence-electron chi connectivity index (χ2n) is 9.61. The maximum absolute atomic E-state index is 7.26. The van der Waals surface area contributed by atoms with Crippen molar-refractivity contribution in [2.24, 2.45) is 0 Å². The van der Waals surface area contributed by atoms with Gasteiger partial charge in [-0.15, -0.1) is 0 Å². The number of ether oxygens (including phenoxy) is 1. The molecule has 3 heteroatoms. The molecule has 0 spiro atoms. The van der Waals surface area contributed by atoms with Crippen molar-refractivity contribution in [2.45, 2.75) is 36.2 Å². The van der Waals surface area contributed by atoms with E-state index in [0.29, 0.717) is 6.61 Å². The van der Waals surface area contributed by atoms with Crippen molar-refractivity contribution in [3.63, 3.8) is 0 Å². The Hall–Kier alpha value is -2.85. The van der Waals surface area contributed by atoms with Crippen LogP contribution in [0.5, 0.6) is 0 Å². The van der Waals surface area contributed by atoms with Gasteiger partial charge in [-0.2, -0.15) is 12.6 Å². The molecule has 184 valence electrons. The molecule has 0 N–H and O–H groups in total. The summed E-state index contributed by atoms with van der Waals surface area (Å²) in [5, 5.41) is 0.0596. The molecule has 0 amide bonds. The van der Waals surface area contributed by atoms with Crippen molar-refractivity contribution in [2.75, 3.05) is 19.7 Å². The Labute approximate surface area is 221 Å². The highest BCUT2D eigenvalue weighted by Crippen LogP contribution is 2.41. The van der Waals surface area contributed by atoms with Crippen molar-refractivity contribution >= 4 is 12.6 Å². The van der Waals surface area contributed by atoms with E-state index in [1.165, 1.54) is 24.8 Å². The fourth-order valence-electron chi connectivity index (χ4n) is 5.50. The largest absolute Gasteiger partial charge is 0.359 e. The molecule has 2 atom stereocenters. The van der Waals surface area contributed by atoms with Gasteiger partial charge >= 0.3 is 0 Å². The molecular weight excluding hydrogens is 458 g/mol. The van der Waals surface area contributed by atoms with Crippen molar-refractivity contribution in [1.82, 2.24) is 4.90 Å². The van der Waals surface area contributed by atoms with E-state index >= 15 is 0 Å². The summed E-state index contributed by atoms with van der Waals surface area (Å²) >= 11 is 5.19. The first-order chi connectivity index (χ1) is 17.8. The molecule has 1 aliphatic rings. The molecule has 1 heterocycles. The van der Waals surface area contributed by atoms with Crippen LogP contribution in [-0.4, -0.2) is 30.6 Å². The van der Waals surface area contributed by atoms with Gasteiger partial charge in [0.1, 0.15) is 5.60 Å². The van der Waals surface area contributed by atoms with Gasteiger partial charge in [-0.1, -0.05) is 128 Å². The number of hydrogen-bond donors (Lipinski definition) is 1. The van der Waals surface area contributed by atoms with Crippen molar-refractivity contribution in [1.29, 1.82) is 0 Å². The number of likely N-dealkylation sites (tertiary alicyclic amines) is 1. The van der Waals surface area contributed by atoms with Gasteiger partial charge in [0.2, 0.25) is 0 Å². The van der Waals surface area contributed by atoms with Crippen molar-refractivity contribution < 1.29 is 4.74 Å². The lowest BCUT2D eigenvalue weighted by Crippen LogP contribution is -2.46. The van der Waals surface area contributed by atoms with Gasteiger partial charge < -0.3 is 4.74 Å². The second kappa shape index (κ2) is 11.9. The third-order valence-corrected chi connectivity index (χ3v) is 8.02. The van der Waals surface area contributed by atoms with E-state index in [2.05, 4.69) is 126 Å². The molecule has 0 aliphatic carbocycles. The second-order valence-corrected chi connectivity index (χ2v) is 10.2. The highest BCUT2D eigenvalue weighted by molar-refractivity contribution is 7.80. The quantitative estimate of drug-likeness (QED) is 0.191. The summed E-state index contributed by atoms with van der Waals surface area (Å²) in [5.41, 5.74) is 3.92. The maximum atomic E-state index is 7.26. The monoisotopic (exact) mass is 493 g/mol. The molecule has 0 aromatic heterocycles. The van der Waals surface area contributed by atoms with Crippen LogP contribution in [0.3, 0.4) is 0 Å². The molecule has 1 aliphatic heterocycles. The lowest BCUT2D eigenvalue weighted by atomic mass is 9.80. The maximum Gasteiger partial charge on any atom is 0.143 e. The van der Waals surface area contributed by atoms with Crippen LogP contribution < -0.4 is 0 Å². The van der Waals surface area contributed by atoms with Crippen LogP contribution >= 0.6 is 12.6 Å². The van der Waals surface area contributed by atoms with Crippen LogP contribution in [0.1, 0.15) is 46.8 Å². The fraction of sp³-hybridized carbons (Fsp3) is 0.273. The predicted octanol–water partition coefficient (Wildman–Crippen LogP) is 7.52. The van der Waals surface area contributed by atoms with Crippen LogP contribution in [0, 0.1) is 0 Å². The number of hydrogen-bond acceptors (Lipinski definition) is 3. The Morgan fingerprint density at radius 2 is 1.03 bits per heavy atom. The summed E-state index contributed by atoms with van der Waals surface area (Å²) in [4.78, 5) is 2.60. The van der Waals surface area contributed by atoms with Crippen LogP contribution in [0.15, 0.2) is 121 Å². The Morgan fingerprint density at radius 3 is 1.47 bits per heavy atom. The van der Waals surface area contributed by atoms with Gasteiger partial charge in [-0.3, -0.25) is 4.90 Å². The molecule has 0 bridgehead atoms.